The molecular formula is C25H26Cl2N4O4S. The second-order valence-electron chi connectivity index (χ2n) is 8.57. The van der Waals surface area contributed by atoms with Crippen LogP contribution in [0.25, 0.3) is 0 Å². The van der Waals surface area contributed by atoms with Gasteiger partial charge in [0.1, 0.15) is 24.5 Å². The highest BCUT2D eigenvalue weighted by Crippen LogP contribution is 2.38. The summed E-state index contributed by atoms with van der Waals surface area (Å²) < 4.78 is 36.7. The van der Waals surface area contributed by atoms with E-state index in [1.165, 1.54) is 6.20 Å². The van der Waals surface area contributed by atoms with E-state index in [4.69, 9.17) is 32.7 Å². The van der Waals surface area contributed by atoms with Gasteiger partial charge in [-0.3, -0.25) is 4.72 Å². The van der Waals surface area contributed by atoms with E-state index in [2.05, 4.69) is 20.8 Å². The van der Waals surface area contributed by atoms with Gasteiger partial charge in [-0.1, -0.05) is 37.6 Å². The van der Waals surface area contributed by atoms with Crippen LogP contribution in [-0.4, -0.2) is 37.1 Å². The predicted octanol–water partition coefficient (Wildman–Crippen LogP) is 5.46. The number of rotatable bonds is 10. The van der Waals surface area contributed by atoms with Gasteiger partial charge in [0.2, 0.25) is 16.0 Å². The van der Waals surface area contributed by atoms with Crippen molar-refractivity contribution in [1.29, 1.82) is 5.26 Å². The molecule has 0 unspecified atom stereocenters. The lowest BCUT2D eigenvalue weighted by Crippen LogP contribution is -2.19. The number of nitriles is 1. The van der Waals surface area contributed by atoms with Gasteiger partial charge in [-0.15, -0.1) is 11.6 Å². The lowest BCUT2D eigenvalue weighted by atomic mass is 9.77. The fourth-order valence-corrected chi connectivity index (χ4v) is 4.30. The zero-order chi connectivity index (χ0) is 26.5. The van der Waals surface area contributed by atoms with Gasteiger partial charge in [-0.25, -0.2) is 18.4 Å². The van der Waals surface area contributed by atoms with E-state index in [0.29, 0.717) is 27.8 Å². The molecule has 1 heterocycles. The molecule has 36 heavy (non-hydrogen) atoms. The van der Waals surface area contributed by atoms with Crippen LogP contribution in [0.15, 0.2) is 48.7 Å². The third kappa shape index (κ3) is 6.78. The van der Waals surface area contributed by atoms with Crippen molar-refractivity contribution in [3.8, 4) is 17.6 Å². The summed E-state index contributed by atoms with van der Waals surface area (Å²) in [5, 5.41) is 9.96. The van der Waals surface area contributed by atoms with Crippen LogP contribution in [0.4, 0.5) is 5.95 Å². The Hall–Kier alpha value is -3.06. The van der Waals surface area contributed by atoms with E-state index in [9.17, 15) is 13.7 Å². The molecule has 11 heteroatoms. The number of sulfonamides is 1. The number of alkyl halides is 1. The molecule has 1 atom stereocenters. The lowest BCUT2D eigenvalue weighted by Gasteiger charge is -2.27. The maximum Gasteiger partial charge on any atom is 0.236 e. The molecule has 0 bridgehead atoms. The summed E-state index contributed by atoms with van der Waals surface area (Å²) in [7, 11) is -3.49. The Morgan fingerprint density at radius 2 is 1.86 bits per heavy atom. The number of hydrogen-bond acceptors (Lipinski definition) is 7. The molecule has 2 aromatic carbocycles. The third-order valence-electron chi connectivity index (χ3n) is 5.47. The molecule has 0 radical (unpaired) electrons. The first-order valence-electron chi connectivity index (χ1n) is 11.0. The van der Waals surface area contributed by atoms with Crippen molar-refractivity contribution >= 4 is 39.2 Å². The highest BCUT2D eigenvalue weighted by molar-refractivity contribution is 7.91. The van der Waals surface area contributed by atoms with Crippen LogP contribution in [0.3, 0.4) is 0 Å². The molecule has 0 amide bonds. The van der Waals surface area contributed by atoms with E-state index in [-0.39, 0.29) is 18.4 Å². The normalized spacial score (nSPS) is 12.5. The Morgan fingerprint density at radius 1 is 1.17 bits per heavy atom. The zero-order valence-corrected chi connectivity index (χ0v) is 22.6. The lowest BCUT2D eigenvalue weighted by molar-refractivity contribution is 0.222. The number of nitrogens with zero attached hydrogens (tertiary/aromatic N) is 3. The van der Waals surface area contributed by atoms with Crippen molar-refractivity contribution < 1.29 is 17.9 Å². The smallest absolute Gasteiger partial charge is 0.236 e. The van der Waals surface area contributed by atoms with Crippen molar-refractivity contribution in [1.82, 2.24) is 9.97 Å². The van der Waals surface area contributed by atoms with Crippen LogP contribution in [0.1, 0.15) is 49.3 Å². The average Bonchev–Trinajstić information content (AvgIpc) is 2.82. The first kappa shape index (κ1) is 27.5. The molecule has 0 saturated carbocycles. The van der Waals surface area contributed by atoms with Crippen molar-refractivity contribution in [3.05, 3.63) is 76.1 Å². The van der Waals surface area contributed by atoms with Gasteiger partial charge in [0.25, 0.3) is 0 Å². The quantitative estimate of drug-likeness (QED) is 0.334. The van der Waals surface area contributed by atoms with E-state index >= 15 is 0 Å². The molecule has 1 aromatic heterocycles. The van der Waals surface area contributed by atoms with Crippen LogP contribution in [0.2, 0.25) is 5.02 Å². The second-order valence-corrected chi connectivity index (χ2v) is 11.1. The maximum absolute atomic E-state index is 11.4. The minimum atomic E-state index is -3.49. The number of benzene rings is 2. The summed E-state index contributed by atoms with van der Waals surface area (Å²) in [5.41, 5.74) is 2.24. The summed E-state index contributed by atoms with van der Waals surface area (Å²) in [6.45, 7) is 6.14. The van der Waals surface area contributed by atoms with Crippen molar-refractivity contribution in [2.24, 2.45) is 0 Å². The molecule has 3 rings (SSSR count). The molecule has 190 valence electrons. The summed E-state index contributed by atoms with van der Waals surface area (Å²) >= 11 is 12.1. The van der Waals surface area contributed by atoms with Crippen LogP contribution < -0.4 is 14.2 Å². The Labute approximate surface area is 221 Å². The molecule has 0 aliphatic rings. The largest absolute Gasteiger partial charge is 0.489 e. The van der Waals surface area contributed by atoms with Gasteiger partial charge < -0.3 is 9.47 Å². The van der Waals surface area contributed by atoms with E-state index in [1.54, 1.807) is 18.2 Å². The molecule has 1 N–H and O–H groups in total. The number of halogens is 2. The standard InChI is InChI=1S/C25H26Cl2N4O4S/c1-16(22-9-11-29-24(30-22)31-36(4,32)33)35-20-7-5-18(6-8-20)25(2,3)19-13-17(15-28)23(21(27)14-19)34-12-10-26/h5-9,11,13-14,16H,10,12H2,1-4H3,(H,29,30,31)/t16-/m1/s1. The fourth-order valence-electron chi connectivity index (χ4n) is 3.52. The number of anilines is 1. The molecular weight excluding hydrogens is 523 g/mol. The van der Waals surface area contributed by atoms with Gasteiger partial charge in [0.15, 0.2) is 5.75 Å². The van der Waals surface area contributed by atoms with Crippen molar-refractivity contribution in [2.45, 2.75) is 32.3 Å². The third-order valence-corrected chi connectivity index (χ3v) is 6.46. The van der Waals surface area contributed by atoms with Gasteiger partial charge in [-0.05, 0) is 48.4 Å². The predicted molar refractivity (Wildman–Crippen MR) is 140 cm³/mol. The Morgan fingerprint density at radius 3 is 2.47 bits per heavy atom. The van der Waals surface area contributed by atoms with E-state index in [1.807, 2.05) is 45.0 Å². The topological polar surface area (TPSA) is 114 Å². The average molecular weight is 549 g/mol. The van der Waals surface area contributed by atoms with Gasteiger partial charge >= 0.3 is 0 Å². The SMILES string of the molecule is C[C@@H](Oc1ccc(C(C)(C)c2cc(Cl)c(OCCCl)c(C#N)c2)cc1)c1ccnc(NS(C)(=O)=O)n1. The Kier molecular flexibility index (Phi) is 8.67. The minimum Gasteiger partial charge on any atom is -0.489 e. The molecule has 0 saturated heterocycles. The summed E-state index contributed by atoms with van der Waals surface area (Å²) in [6, 6.07) is 15.0. The second kappa shape index (κ2) is 11.3. The van der Waals surface area contributed by atoms with Crippen molar-refractivity contribution in [3.63, 3.8) is 0 Å². The van der Waals surface area contributed by atoms with E-state index < -0.39 is 21.5 Å². The first-order valence-corrected chi connectivity index (χ1v) is 13.8. The number of aromatic nitrogens is 2. The molecule has 0 aliphatic carbocycles. The minimum absolute atomic E-state index is 0.0166. The Bertz CT molecular complexity index is 1370. The molecule has 0 aliphatic heterocycles. The summed E-state index contributed by atoms with van der Waals surface area (Å²) in [5.74, 6) is 1.21. The number of hydrogen-bond donors (Lipinski definition) is 1. The van der Waals surface area contributed by atoms with E-state index in [0.717, 1.165) is 17.4 Å². The monoisotopic (exact) mass is 548 g/mol. The zero-order valence-electron chi connectivity index (χ0n) is 20.2. The molecule has 8 nitrogen and oxygen atoms in total. The summed E-state index contributed by atoms with van der Waals surface area (Å²) in [6.07, 6.45) is 2.04. The van der Waals surface area contributed by atoms with Gasteiger partial charge in [0, 0.05) is 11.6 Å². The highest BCUT2D eigenvalue weighted by Gasteiger charge is 2.26. The fraction of sp³-hybridized carbons (Fsp3) is 0.320. The molecule has 3 aromatic rings. The summed E-state index contributed by atoms with van der Waals surface area (Å²) in [4.78, 5) is 8.14. The molecule has 0 spiro atoms. The van der Waals surface area contributed by atoms with Crippen LogP contribution >= 0.6 is 23.2 Å². The first-order chi connectivity index (χ1) is 16.9. The van der Waals surface area contributed by atoms with Crippen LogP contribution in [-0.2, 0) is 15.4 Å². The van der Waals surface area contributed by atoms with Gasteiger partial charge in [-0.2, -0.15) is 5.26 Å². The highest BCUT2D eigenvalue weighted by atomic mass is 35.5. The Balaban J connectivity index is 1.80. The van der Waals surface area contributed by atoms with Crippen LogP contribution in [0, 0.1) is 11.3 Å². The maximum atomic E-state index is 11.4. The number of nitrogens with one attached hydrogen (secondary N) is 1. The van der Waals surface area contributed by atoms with Gasteiger partial charge in [0.05, 0.1) is 28.4 Å². The van der Waals surface area contributed by atoms with Crippen LogP contribution in [0.5, 0.6) is 11.5 Å². The number of ether oxygens (including phenoxy) is 2. The molecule has 0 fully saturated rings. The van der Waals surface area contributed by atoms with Crippen molar-refractivity contribution in [2.75, 3.05) is 23.5 Å².